The highest BCUT2D eigenvalue weighted by Crippen LogP contribution is 2.21. The first kappa shape index (κ1) is 14.5. The van der Waals surface area contributed by atoms with Gasteiger partial charge in [0.15, 0.2) is 0 Å². The molecule has 0 aliphatic rings. The second-order valence-electron chi connectivity index (χ2n) is 3.66. The van der Waals surface area contributed by atoms with Gasteiger partial charge in [-0.2, -0.15) is 12.7 Å². The summed E-state index contributed by atoms with van der Waals surface area (Å²) in [6, 6.07) is 5.38. The summed E-state index contributed by atoms with van der Waals surface area (Å²) >= 11 is 3.38. The van der Waals surface area contributed by atoms with Gasteiger partial charge in [0.05, 0.1) is 5.69 Å². The van der Waals surface area contributed by atoms with Crippen molar-refractivity contribution < 1.29 is 8.42 Å². The van der Waals surface area contributed by atoms with Crippen molar-refractivity contribution in [3.8, 4) is 0 Å². The molecule has 0 saturated heterocycles. The predicted octanol–water partition coefficient (Wildman–Crippen LogP) is 2.76. The molecule has 0 atom stereocenters. The maximum Gasteiger partial charge on any atom is 0.301 e. The minimum absolute atomic E-state index is 0.457. The van der Waals surface area contributed by atoms with Crippen LogP contribution in [0.5, 0.6) is 0 Å². The predicted molar refractivity (Wildman–Crippen MR) is 74.3 cm³/mol. The van der Waals surface area contributed by atoms with Gasteiger partial charge in [0.2, 0.25) is 0 Å². The third-order valence-corrected chi connectivity index (χ3v) is 5.01. The fourth-order valence-corrected chi connectivity index (χ4v) is 3.05. The molecule has 0 unspecified atom stereocenters. The molecule has 0 aliphatic heterocycles. The van der Waals surface area contributed by atoms with E-state index in [2.05, 4.69) is 20.7 Å². The van der Waals surface area contributed by atoms with E-state index in [0.717, 1.165) is 10.0 Å². The van der Waals surface area contributed by atoms with Crippen LogP contribution in [0.1, 0.15) is 19.4 Å². The minimum atomic E-state index is -3.44. The summed E-state index contributed by atoms with van der Waals surface area (Å²) in [7, 11) is -3.44. The van der Waals surface area contributed by atoms with Gasteiger partial charge in [-0.25, -0.2) is 0 Å². The Morgan fingerprint density at radius 2 is 1.88 bits per heavy atom. The van der Waals surface area contributed by atoms with Crippen molar-refractivity contribution in [3.63, 3.8) is 0 Å². The highest BCUT2D eigenvalue weighted by atomic mass is 79.9. The van der Waals surface area contributed by atoms with Crippen molar-refractivity contribution in [2.75, 3.05) is 17.8 Å². The van der Waals surface area contributed by atoms with Gasteiger partial charge in [0, 0.05) is 17.6 Å². The van der Waals surface area contributed by atoms with E-state index >= 15 is 0 Å². The standard InChI is InChI=1S/C11H17BrN2O2S/c1-4-14(5-2)17(15,16)13-10-7-6-9(3)11(12)8-10/h6-8,13H,4-5H2,1-3H3. The van der Waals surface area contributed by atoms with Crippen molar-refractivity contribution >= 4 is 31.8 Å². The number of anilines is 1. The lowest BCUT2D eigenvalue weighted by Crippen LogP contribution is -2.35. The Labute approximate surface area is 111 Å². The summed E-state index contributed by atoms with van der Waals surface area (Å²) in [5.41, 5.74) is 1.63. The third kappa shape index (κ3) is 3.69. The highest BCUT2D eigenvalue weighted by Gasteiger charge is 2.18. The van der Waals surface area contributed by atoms with Crippen LogP contribution >= 0.6 is 15.9 Å². The van der Waals surface area contributed by atoms with Crippen LogP contribution in [0.4, 0.5) is 5.69 Å². The third-order valence-electron chi connectivity index (χ3n) is 2.46. The van der Waals surface area contributed by atoms with Crippen LogP contribution in [-0.4, -0.2) is 25.8 Å². The first-order valence-corrected chi connectivity index (χ1v) is 7.68. The quantitative estimate of drug-likeness (QED) is 0.906. The van der Waals surface area contributed by atoms with Crippen molar-refractivity contribution in [1.29, 1.82) is 0 Å². The molecule has 17 heavy (non-hydrogen) atoms. The fraction of sp³-hybridized carbons (Fsp3) is 0.455. The lowest BCUT2D eigenvalue weighted by atomic mass is 10.2. The molecule has 1 aromatic rings. The van der Waals surface area contributed by atoms with Crippen molar-refractivity contribution in [2.24, 2.45) is 0 Å². The number of nitrogens with one attached hydrogen (secondary N) is 1. The lowest BCUT2D eigenvalue weighted by molar-refractivity contribution is 0.449. The van der Waals surface area contributed by atoms with Gasteiger partial charge in [-0.1, -0.05) is 35.8 Å². The Bertz CT molecular complexity index is 484. The number of hydrogen-bond acceptors (Lipinski definition) is 2. The molecular formula is C11H17BrN2O2S. The second-order valence-corrected chi connectivity index (χ2v) is 6.18. The van der Waals surface area contributed by atoms with Gasteiger partial charge in [-0.15, -0.1) is 0 Å². The van der Waals surface area contributed by atoms with E-state index in [1.165, 1.54) is 4.31 Å². The number of halogens is 1. The summed E-state index contributed by atoms with van der Waals surface area (Å²) in [5.74, 6) is 0. The molecule has 0 spiro atoms. The van der Waals surface area contributed by atoms with Gasteiger partial charge in [-0.3, -0.25) is 4.72 Å². The molecule has 0 heterocycles. The summed E-state index contributed by atoms with van der Waals surface area (Å²) in [5, 5.41) is 0. The van der Waals surface area contributed by atoms with Crippen LogP contribution in [-0.2, 0) is 10.2 Å². The smallest absolute Gasteiger partial charge is 0.271 e. The molecule has 0 radical (unpaired) electrons. The van der Waals surface area contributed by atoms with Crippen molar-refractivity contribution in [2.45, 2.75) is 20.8 Å². The molecule has 6 heteroatoms. The first-order valence-electron chi connectivity index (χ1n) is 5.44. The largest absolute Gasteiger partial charge is 0.301 e. The molecule has 0 amide bonds. The van der Waals surface area contributed by atoms with Gasteiger partial charge in [0.1, 0.15) is 0 Å². The summed E-state index contributed by atoms with van der Waals surface area (Å²) in [4.78, 5) is 0. The Hall–Kier alpha value is -0.590. The Balaban J connectivity index is 2.94. The molecule has 0 aromatic heterocycles. The molecule has 4 nitrogen and oxygen atoms in total. The molecule has 0 aliphatic carbocycles. The summed E-state index contributed by atoms with van der Waals surface area (Å²) in [6.07, 6.45) is 0. The number of hydrogen-bond donors (Lipinski definition) is 1. The van der Waals surface area contributed by atoms with Gasteiger partial charge >= 0.3 is 10.2 Å². The van der Waals surface area contributed by atoms with E-state index in [0.29, 0.717) is 18.8 Å². The van der Waals surface area contributed by atoms with E-state index in [1.54, 1.807) is 12.1 Å². The minimum Gasteiger partial charge on any atom is -0.271 e. The normalized spacial score (nSPS) is 11.8. The van der Waals surface area contributed by atoms with E-state index in [-0.39, 0.29) is 0 Å². The topological polar surface area (TPSA) is 49.4 Å². The van der Waals surface area contributed by atoms with Crippen LogP contribution in [0.3, 0.4) is 0 Å². The molecule has 1 aromatic carbocycles. The zero-order valence-corrected chi connectivity index (χ0v) is 12.6. The molecule has 96 valence electrons. The van der Waals surface area contributed by atoms with Crippen LogP contribution in [0.25, 0.3) is 0 Å². The summed E-state index contributed by atoms with van der Waals surface area (Å²) in [6.45, 7) is 6.49. The van der Waals surface area contributed by atoms with Crippen LogP contribution in [0, 0.1) is 6.92 Å². The van der Waals surface area contributed by atoms with Gasteiger partial charge in [-0.05, 0) is 24.6 Å². The average molecular weight is 321 g/mol. The SMILES string of the molecule is CCN(CC)S(=O)(=O)Nc1ccc(C)c(Br)c1. The molecule has 1 rings (SSSR count). The number of rotatable bonds is 5. The van der Waals surface area contributed by atoms with E-state index < -0.39 is 10.2 Å². The number of nitrogens with zero attached hydrogens (tertiary/aromatic N) is 1. The molecule has 0 saturated carbocycles. The zero-order valence-electron chi connectivity index (χ0n) is 10.2. The first-order chi connectivity index (χ1) is 7.90. The van der Waals surface area contributed by atoms with E-state index in [4.69, 9.17) is 0 Å². The Morgan fingerprint density at radius 3 is 2.35 bits per heavy atom. The fourth-order valence-electron chi connectivity index (χ4n) is 1.43. The number of aryl methyl sites for hydroxylation is 1. The maximum absolute atomic E-state index is 12.0. The Morgan fingerprint density at radius 1 is 1.29 bits per heavy atom. The van der Waals surface area contributed by atoms with Crippen molar-refractivity contribution in [1.82, 2.24) is 4.31 Å². The van der Waals surface area contributed by atoms with Crippen molar-refractivity contribution in [3.05, 3.63) is 28.2 Å². The van der Waals surface area contributed by atoms with Gasteiger partial charge < -0.3 is 0 Å². The van der Waals surface area contributed by atoms with Crippen LogP contribution < -0.4 is 4.72 Å². The molecule has 0 bridgehead atoms. The lowest BCUT2D eigenvalue weighted by Gasteiger charge is -2.19. The van der Waals surface area contributed by atoms with Crippen LogP contribution in [0.2, 0.25) is 0 Å². The Kier molecular flexibility index (Phi) is 4.97. The number of benzene rings is 1. The molecular weight excluding hydrogens is 304 g/mol. The summed E-state index contributed by atoms with van der Waals surface area (Å²) < 4.78 is 28.7. The van der Waals surface area contributed by atoms with Gasteiger partial charge in [0.25, 0.3) is 0 Å². The zero-order chi connectivity index (χ0) is 13.1. The molecule has 0 fully saturated rings. The van der Waals surface area contributed by atoms with E-state index in [1.807, 2.05) is 26.8 Å². The maximum atomic E-state index is 12.0. The second kappa shape index (κ2) is 5.84. The van der Waals surface area contributed by atoms with E-state index in [9.17, 15) is 8.42 Å². The average Bonchev–Trinajstić information content (AvgIpc) is 2.24. The highest BCUT2D eigenvalue weighted by molar-refractivity contribution is 9.10. The molecule has 1 N–H and O–H groups in total. The van der Waals surface area contributed by atoms with Crippen LogP contribution in [0.15, 0.2) is 22.7 Å². The monoisotopic (exact) mass is 320 g/mol.